The first-order chi connectivity index (χ1) is 15.3. The van der Waals surface area contributed by atoms with Gasteiger partial charge in [-0.3, -0.25) is 14.7 Å². The first-order valence-corrected chi connectivity index (χ1v) is 9.81. The lowest BCUT2D eigenvalue weighted by Crippen LogP contribution is -2.40. The number of aromatic nitrogens is 2. The highest BCUT2D eigenvalue weighted by Gasteiger charge is 2.37. The summed E-state index contributed by atoms with van der Waals surface area (Å²) >= 11 is 0. The summed E-state index contributed by atoms with van der Waals surface area (Å²) < 4.78 is 82.1. The number of carbonyl (C=O) groups excluding carboxylic acids is 1. The van der Waals surface area contributed by atoms with Gasteiger partial charge < -0.3 is 9.84 Å². The molecule has 2 aromatic carbocycles. The third-order valence-electron chi connectivity index (χ3n) is 5.34. The van der Waals surface area contributed by atoms with Gasteiger partial charge >= 0.3 is 12.5 Å². The fraction of sp³-hybridized carbons (Fsp3) is 0.333. The van der Waals surface area contributed by atoms with Gasteiger partial charge in [0.15, 0.2) is 0 Å². The summed E-state index contributed by atoms with van der Waals surface area (Å²) in [7, 11) is 0. The van der Waals surface area contributed by atoms with Gasteiger partial charge in [-0.25, -0.2) is 4.98 Å². The number of fused-ring (bicyclic) bond motifs is 1. The molecule has 0 atom stereocenters. The number of imidazole rings is 1. The van der Waals surface area contributed by atoms with E-state index >= 15 is 0 Å². The molecule has 0 bridgehead atoms. The predicted octanol–water partition coefficient (Wildman–Crippen LogP) is 5.19. The Morgan fingerprint density at radius 1 is 1.09 bits per heavy atom. The van der Waals surface area contributed by atoms with Gasteiger partial charge in [-0.1, -0.05) is 0 Å². The van der Waals surface area contributed by atoms with Crippen LogP contribution in [0.2, 0.25) is 0 Å². The molecule has 1 aliphatic rings. The summed E-state index contributed by atoms with van der Waals surface area (Å²) in [6.07, 6.45) is -8.10. The van der Waals surface area contributed by atoms with Crippen LogP contribution < -0.4 is 10.1 Å². The molecule has 1 fully saturated rings. The highest BCUT2D eigenvalue weighted by molar-refractivity contribution is 5.93. The zero-order valence-electron chi connectivity index (χ0n) is 16.8. The zero-order valence-corrected chi connectivity index (χ0v) is 16.8. The van der Waals surface area contributed by atoms with Crippen LogP contribution in [0.1, 0.15) is 31.2 Å². The summed E-state index contributed by atoms with van der Waals surface area (Å²) in [5.41, 5.74) is -1.86. The molecule has 2 N–H and O–H groups in total. The Bertz CT molecular complexity index is 1180. The molecule has 0 spiro atoms. The molecule has 3 aromatic rings. The van der Waals surface area contributed by atoms with Crippen LogP contribution in [-0.4, -0.2) is 32.5 Å². The number of nitrogens with zero attached hydrogens (tertiary/aromatic N) is 2. The highest BCUT2D eigenvalue weighted by atomic mass is 19.4. The first kappa shape index (κ1) is 22.9. The molecule has 4 rings (SSSR count). The SMILES string of the molecule is O=C(CC1(O)CCC1)Nc1nc2ccc(C(F)(F)F)cc2n1-c1ccc(OC(F)(F)F)cc1. The number of hydrogen-bond donors (Lipinski definition) is 2. The molecule has 1 aromatic heterocycles. The Labute approximate surface area is 182 Å². The minimum atomic E-state index is -4.91. The molecule has 6 nitrogen and oxygen atoms in total. The van der Waals surface area contributed by atoms with Crippen molar-refractivity contribution in [2.75, 3.05) is 5.32 Å². The molecule has 1 saturated carbocycles. The summed E-state index contributed by atoms with van der Waals surface area (Å²) in [5.74, 6) is -1.26. The van der Waals surface area contributed by atoms with Gasteiger partial charge in [-0.05, 0) is 61.7 Å². The van der Waals surface area contributed by atoms with Crippen molar-refractivity contribution in [1.29, 1.82) is 0 Å². The maximum Gasteiger partial charge on any atom is 0.573 e. The normalized spacial score (nSPS) is 15.8. The molecule has 0 aliphatic heterocycles. The van der Waals surface area contributed by atoms with E-state index in [0.29, 0.717) is 12.8 Å². The zero-order chi connectivity index (χ0) is 24.0. The number of halogens is 6. The predicted molar refractivity (Wildman–Crippen MR) is 105 cm³/mol. The van der Waals surface area contributed by atoms with Crippen LogP contribution in [0.25, 0.3) is 16.7 Å². The van der Waals surface area contributed by atoms with E-state index in [4.69, 9.17) is 0 Å². The summed E-state index contributed by atoms with van der Waals surface area (Å²) in [6.45, 7) is 0. The minimum Gasteiger partial charge on any atom is -0.406 e. The molecular formula is C21H17F6N3O3. The van der Waals surface area contributed by atoms with Gasteiger partial charge in [0.2, 0.25) is 11.9 Å². The van der Waals surface area contributed by atoms with Crippen molar-refractivity contribution in [3.63, 3.8) is 0 Å². The third kappa shape index (κ3) is 5.05. The summed E-state index contributed by atoms with van der Waals surface area (Å²) in [5, 5.41) is 12.7. The van der Waals surface area contributed by atoms with Gasteiger partial charge in [0.05, 0.1) is 28.6 Å². The van der Waals surface area contributed by atoms with Crippen LogP contribution >= 0.6 is 0 Å². The van der Waals surface area contributed by atoms with Crippen LogP contribution in [0.3, 0.4) is 0 Å². The maximum atomic E-state index is 13.3. The Hall–Kier alpha value is -3.28. The van der Waals surface area contributed by atoms with Crippen molar-refractivity contribution < 1.29 is 41.0 Å². The van der Waals surface area contributed by atoms with Gasteiger partial charge in [0.1, 0.15) is 5.75 Å². The Morgan fingerprint density at radius 3 is 2.30 bits per heavy atom. The van der Waals surface area contributed by atoms with E-state index < -0.39 is 35.4 Å². The molecule has 176 valence electrons. The van der Waals surface area contributed by atoms with E-state index in [2.05, 4.69) is 15.0 Å². The van der Waals surface area contributed by atoms with E-state index in [1.54, 1.807) is 0 Å². The van der Waals surface area contributed by atoms with Crippen LogP contribution in [0, 0.1) is 0 Å². The summed E-state index contributed by atoms with van der Waals surface area (Å²) in [6, 6.07) is 7.16. The molecule has 0 unspecified atom stereocenters. The quantitative estimate of drug-likeness (QED) is 0.501. The standard InChI is InChI=1S/C21H17F6N3O3/c22-20(23,24)12-2-7-15-16(10-12)30(13-3-5-14(6-4-13)33-21(25,26)27)18(28-15)29-17(31)11-19(32)8-1-9-19/h2-7,10,32H,1,8-9,11H2,(H,28,29,31). The monoisotopic (exact) mass is 473 g/mol. The lowest BCUT2D eigenvalue weighted by atomic mass is 9.78. The van der Waals surface area contributed by atoms with Gasteiger partial charge in [-0.2, -0.15) is 13.2 Å². The van der Waals surface area contributed by atoms with E-state index in [1.807, 2.05) is 0 Å². The van der Waals surface area contributed by atoms with Gasteiger partial charge in [0.25, 0.3) is 0 Å². The fourth-order valence-corrected chi connectivity index (χ4v) is 3.62. The Morgan fingerprint density at radius 2 is 1.76 bits per heavy atom. The molecular weight excluding hydrogens is 456 g/mol. The number of benzene rings is 2. The number of hydrogen-bond acceptors (Lipinski definition) is 4. The molecule has 1 heterocycles. The molecule has 1 aliphatic carbocycles. The molecule has 0 saturated heterocycles. The van der Waals surface area contributed by atoms with Crippen LogP contribution in [-0.2, 0) is 11.0 Å². The molecule has 33 heavy (non-hydrogen) atoms. The van der Waals surface area contributed by atoms with E-state index in [-0.39, 0.29) is 29.1 Å². The summed E-state index contributed by atoms with van der Waals surface area (Å²) in [4.78, 5) is 16.6. The molecule has 12 heteroatoms. The Balaban J connectivity index is 1.75. The number of alkyl halides is 6. The fourth-order valence-electron chi connectivity index (χ4n) is 3.62. The highest BCUT2D eigenvalue weighted by Crippen LogP contribution is 2.36. The second-order valence-electron chi connectivity index (χ2n) is 7.82. The number of amides is 1. The number of carbonyl (C=O) groups is 1. The van der Waals surface area contributed by atoms with Crippen molar-refractivity contribution >= 4 is 22.9 Å². The first-order valence-electron chi connectivity index (χ1n) is 9.81. The smallest absolute Gasteiger partial charge is 0.406 e. The van der Waals surface area contributed by atoms with Crippen LogP contribution in [0.4, 0.5) is 32.3 Å². The molecule has 0 radical (unpaired) electrons. The number of rotatable bonds is 5. The largest absolute Gasteiger partial charge is 0.573 e. The molecule has 1 amide bonds. The number of ether oxygens (including phenoxy) is 1. The van der Waals surface area contributed by atoms with Crippen molar-refractivity contribution in [2.45, 2.75) is 43.8 Å². The van der Waals surface area contributed by atoms with Crippen molar-refractivity contribution in [3.8, 4) is 11.4 Å². The minimum absolute atomic E-state index is 0.0213. The lowest BCUT2D eigenvalue weighted by Gasteiger charge is -2.35. The average molecular weight is 473 g/mol. The van der Waals surface area contributed by atoms with E-state index in [9.17, 15) is 36.2 Å². The third-order valence-corrected chi connectivity index (χ3v) is 5.34. The van der Waals surface area contributed by atoms with Crippen molar-refractivity contribution in [1.82, 2.24) is 9.55 Å². The average Bonchev–Trinajstić information content (AvgIpc) is 3.02. The lowest BCUT2D eigenvalue weighted by molar-refractivity contribution is -0.274. The van der Waals surface area contributed by atoms with Gasteiger partial charge in [-0.15, -0.1) is 13.2 Å². The van der Waals surface area contributed by atoms with Crippen LogP contribution in [0.5, 0.6) is 5.75 Å². The van der Waals surface area contributed by atoms with E-state index in [0.717, 1.165) is 36.8 Å². The second-order valence-corrected chi connectivity index (χ2v) is 7.82. The maximum absolute atomic E-state index is 13.3. The van der Waals surface area contributed by atoms with Crippen molar-refractivity contribution in [3.05, 3.63) is 48.0 Å². The number of nitrogens with one attached hydrogen (secondary N) is 1. The van der Waals surface area contributed by atoms with E-state index in [1.165, 1.54) is 16.7 Å². The second kappa shape index (κ2) is 7.94. The topological polar surface area (TPSA) is 76.4 Å². The number of aliphatic hydroxyl groups is 1. The van der Waals surface area contributed by atoms with Gasteiger partial charge in [0, 0.05) is 5.69 Å². The number of anilines is 1. The Kier molecular flexibility index (Phi) is 5.51. The van der Waals surface area contributed by atoms with Crippen molar-refractivity contribution in [2.24, 2.45) is 0 Å². The van der Waals surface area contributed by atoms with Crippen LogP contribution in [0.15, 0.2) is 42.5 Å².